The van der Waals surface area contributed by atoms with Crippen molar-refractivity contribution < 1.29 is 14.6 Å². The molecule has 5 heteroatoms. The van der Waals surface area contributed by atoms with Gasteiger partial charge in [-0.1, -0.05) is 44.5 Å². The van der Waals surface area contributed by atoms with Gasteiger partial charge in [0, 0.05) is 21.0 Å². The number of rotatable bonds is 5. The fourth-order valence-electron chi connectivity index (χ4n) is 4.90. The van der Waals surface area contributed by atoms with Gasteiger partial charge in [0.25, 0.3) is 0 Å². The van der Waals surface area contributed by atoms with E-state index in [0.717, 1.165) is 47.7 Å². The Labute approximate surface area is 191 Å². The van der Waals surface area contributed by atoms with Crippen LogP contribution in [0.1, 0.15) is 55.5 Å². The summed E-state index contributed by atoms with van der Waals surface area (Å²) in [5, 5.41) is 14.0. The van der Waals surface area contributed by atoms with E-state index < -0.39 is 5.97 Å². The molecule has 2 aromatic carbocycles. The summed E-state index contributed by atoms with van der Waals surface area (Å²) in [4.78, 5) is 17.4. The van der Waals surface area contributed by atoms with Gasteiger partial charge in [-0.15, -0.1) is 11.3 Å². The minimum absolute atomic E-state index is 0.122. The third kappa shape index (κ3) is 3.75. The van der Waals surface area contributed by atoms with Crippen LogP contribution in [0.4, 0.5) is 0 Å². The predicted molar refractivity (Wildman–Crippen MR) is 131 cm³/mol. The number of carboxylic acids is 1. The molecule has 0 saturated heterocycles. The second-order valence-electron chi connectivity index (χ2n) is 8.82. The predicted octanol–water partition coefficient (Wildman–Crippen LogP) is 7.33. The number of thiophene rings is 1. The van der Waals surface area contributed by atoms with Crippen molar-refractivity contribution in [2.45, 2.75) is 52.1 Å². The number of hydrogen-bond donors (Lipinski definition) is 1. The first-order valence-corrected chi connectivity index (χ1v) is 12.3. The summed E-state index contributed by atoms with van der Waals surface area (Å²) < 4.78 is 7.60. The van der Waals surface area contributed by atoms with E-state index in [0.29, 0.717) is 22.7 Å². The third-order valence-corrected chi connectivity index (χ3v) is 7.52. The zero-order chi connectivity index (χ0) is 22.2. The van der Waals surface area contributed by atoms with E-state index in [1.807, 2.05) is 24.3 Å². The van der Waals surface area contributed by atoms with Crippen molar-refractivity contribution in [1.82, 2.24) is 4.98 Å². The summed E-state index contributed by atoms with van der Waals surface area (Å²) in [6.45, 7) is 4.34. The molecule has 0 spiro atoms. The zero-order valence-electron chi connectivity index (χ0n) is 18.4. The highest BCUT2D eigenvalue weighted by Crippen LogP contribution is 2.39. The maximum atomic E-state index is 12.4. The minimum atomic E-state index is -0.951. The van der Waals surface area contributed by atoms with Gasteiger partial charge in [-0.25, -0.2) is 9.78 Å². The number of aromatic carboxylic acids is 1. The first-order valence-electron chi connectivity index (χ1n) is 11.4. The fraction of sp³-hybridized carbons (Fsp3) is 0.333. The molecule has 5 rings (SSSR count). The van der Waals surface area contributed by atoms with Crippen LogP contribution in [-0.2, 0) is 6.42 Å². The lowest BCUT2D eigenvalue weighted by molar-refractivity contribution is 0.0698. The number of hydrogen-bond acceptors (Lipinski definition) is 4. The van der Waals surface area contributed by atoms with Crippen molar-refractivity contribution in [3.8, 4) is 17.0 Å². The monoisotopic (exact) mass is 445 g/mol. The lowest BCUT2D eigenvalue weighted by atomic mass is 9.88. The minimum Gasteiger partial charge on any atom is -0.490 e. The number of aromatic nitrogens is 1. The van der Waals surface area contributed by atoms with Crippen LogP contribution < -0.4 is 4.74 Å². The van der Waals surface area contributed by atoms with E-state index in [1.54, 1.807) is 17.4 Å². The largest absolute Gasteiger partial charge is 0.490 e. The van der Waals surface area contributed by atoms with Gasteiger partial charge in [0.1, 0.15) is 5.75 Å². The van der Waals surface area contributed by atoms with Crippen LogP contribution >= 0.6 is 11.3 Å². The molecule has 0 bridgehead atoms. The molecule has 0 unspecified atom stereocenters. The summed E-state index contributed by atoms with van der Waals surface area (Å²) in [6, 6.07) is 13.9. The lowest BCUT2D eigenvalue weighted by Crippen LogP contribution is -2.24. The van der Waals surface area contributed by atoms with Crippen LogP contribution in [0.2, 0.25) is 0 Å². The van der Waals surface area contributed by atoms with Crippen molar-refractivity contribution in [3.05, 3.63) is 59.0 Å². The molecule has 2 aromatic heterocycles. The molecular formula is C27H27NO3S. The normalized spacial score (nSPS) is 18.8. The van der Waals surface area contributed by atoms with Gasteiger partial charge < -0.3 is 9.84 Å². The van der Waals surface area contributed by atoms with Gasteiger partial charge in [-0.3, -0.25) is 0 Å². The first-order chi connectivity index (χ1) is 15.5. The summed E-state index contributed by atoms with van der Waals surface area (Å²) in [6.07, 6.45) is 5.29. The number of carbonyl (C=O) groups is 1. The van der Waals surface area contributed by atoms with Gasteiger partial charge in [0.15, 0.2) is 0 Å². The molecule has 1 fully saturated rings. The molecule has 164 valence electrons. The molecule has 0 radical (unpaired) electrons. The van der Waals surface area contributed by atoms with Crippen LogP contribution in [0.15, 0.2) is 47.8 Å². The maximum absolute atomic E-state index is 12.4. The van der Waals surface area contributed by atoms with Crippen molar-refractivity contribution in [1.29, 1.82) is 0 Å². The highest BCUT2D eigenvalue weighted by molar-refractivity contribution is 7.17. The van der Waals surface area contributed by atoms with Crippen LogP contribution in [0.25, 0.3) is 32.2 Å². The smallest absolute Gasteiger partial charge is 0.336 e. The molecule has 1 saturated carbocycles. The summed E-state index contributed by atoms with van der Waals surface area (Å²) in [7, 11) is 0. The van der Waals surface area contributed by atoms with Gasteiger partial charge in [-0.05, 0) is 55.4 Å². The van der Waals surface area contributed by atoms with Crippen molar-refractivity contribution in [2.75, 3.05) is 0 Å². The average molecular weight is 446 g/mol. The number of carboxylic acid groups (broad SMARTS) is 1. The molecule has 1 aliphatic rings. The molecule has 0 aliphatic heterocycles. The molecule has 0 amide bonds. The lowest BCUT2D eigenvalue weighted by Gasteiger charge is -2.28. The molecule has 4 aromatic rings. The van der Waals surface area contributed by atoms with Crippen molar-refractivity contribution in [2.24, 2.45) is 5.92 Å². The molecule has 2 heterocycles. The van der Waals surface area contributed by atoms with E-state index in [4.69, 9.17) is 9.72 Å². The molecule has 4 nitrogen and oxygen atoms in total. The number of ether oxygens (including phenoxy) is 1. The molecular weight excluding hydrogens is 418 g/mol. The Morgan fingerprint density at radius 1 is 1.22 bits per heavy atom. The summed E-state index contributed by atoms with van der Waals surface area (Å²) in [5.41, 5.74) is 3.71. The Bertz CT molecular complexity index is 1310. The Hall–Kier alpha value is -2.92. The molecule has 2 atom stereocenters. The van der Waals surface area contributed by atoms with Crippen LogP contribution in [0.3, 0.4) is 0 Å². The fourth-order valence-corrected chi connectivity index (χ4v) is 5.85. The molecule has 1 N–H and O–H groups in total. The molecule has 1 aliphatic carbocycles. The van der Waals surface area contributed by atoms with E-state index in [1.165, 1.54) is 11.1 Å². The second kappa shape index (κ2) is 8.55. The quantitative estimate of drug-likeness (QED) is 0.349. The highest BCUT2D eigenvalue weighted by atomic mass is 32.1. The average Bonchev–Trinajstić information content (AvgIpc) is 3.22. The van der Waals surface area contributed by atoms with Gasteiger partial charge in [0.2, 0.25) is 0 Å². The zero-order valence-corrected chi connectivity index (χ0v) is 19.2. The third-order valence-electron chi connectivity index (χ3n) is 6.56. The van der Waals surface area contributed by atoms with Crippen LogP contribution in [0.5, 0.6) is 5.75 Å². The Balaban J connectivity index is 1.70. The number of pyridine rings is 1. The summed E-state index contributed by atoms with van der Waals surface area (Å²) >= 11 is 1.65. The van der Waals surface area contributed by atoms with E-state index >= 15 is 0 Å². The number of fused-ring (bicyclic) bond motifs is 2. The highest BCUT2D eigenvalue weighted by Gasteiger charge is 2.24. The van der Waals surface area contributed by atoms with Crippen LogP contribution in [-0.4, -0.2) is 22.2 Å². The standard InChI is InChI=1S/C27H27NO3S/c1-3-17-11-12-23(31-18-8-6-7-16(2)13-18)25-20(27(29)30)14-22(28-26(17)25)21-15-32-24-10-5-4-9-19(21)24/h4-5,9-12,14-16,18H,3,6-8,13H2,1-2H3,(H,29,30)/t16-,18+/m1/s1. The molecule has 32 heavy (non-hydrogen) atoms. The summed E-state index contributed by atoms with van der Waals surface area (Å²) in [5.74, 6) is 0.321. The van der Waals surface area contributed by atoms with Crippen molar-refractivity contribution in [3.63, 3.8) is 0 Å². The van der Waals surface area contributed by atoms with Crippen LogP contribution in [0, 0.1) is 5.92 Å². The Kier molecular flexibility index (Phi) is 5.60. The maximum Gasteiger partial charge on any atom is 0.336 e. The second-order valence-corrected chi connectivity index (χ2v) is 9.73. The van der Waals surface area contributed by atoms with E-state index in [2.05, 4.69) is 31.4 Å². The van der Waals surface area contributed by atoms with E-state index in [-0.39, 0.29) is 11.7 Å². The topological polar surface area (TPSA) is 59.4 Å². The number of benzene rings is 2. The van der Waals surface area contributed by atoms with Gasteiger partial charge >= 0.3 is 5.97 Å². The Morgan fingerprint density at radius 3 is 2.84 bits per heavy atom. The number of aryl methyl sites for hydroxylation is 1. The number of nitrogens with zero attached hydrogens (tertiary/aromatic N) is 1. The Morgan fingerprint density at radius 2 is 2.06 bits per heavy atom. The van der Waals surface area contributed by atoms with Gasteiger partial charge in [0.05, 0.1) is 28.3 Å². The van der Waals surface area contributed by atoms with E-state index in [9.17, 15) is 9.90 Å². The first kappa shape index (κ1) is 21.0. The SMILES string of the molecule is CCc1ccc(O[C@H]2CCC[C@@H](C)C2)c2c(C(=O)O)cc(-c3csc4ccccc34)nc12. The van der Waals surface area contributed by atoms with Crippen molar-refractivity contribution >= 4 is 38.3 Å². The van der Waals surface area contributed by atoms with Gasteiger partial charge in [-0.2, -0.15) is 0 Å².